The fourth-order valence-corrected chi connectivity index (χ4v) is 5.13. The number of methoxy groups -OCH3 is 1. The van der Waals surface area contributed by atoms with Gasteiger partial charge in [-0.2, -0.15) is 0 Å². The van der Waals surface area contributed by atoms with E-state index in [1.54, 1.807) is 43.3 Å². The summed E-state index contributed by atoms with van der Waals surface area (Å²) in [6, 6.07) is 19.0. The van der Waals surface area contributed by atoms with Crippen molar-refractivity contribution in [1.82, 2.24) is 10.2 Å². The second-order valence-electron chi connectivity index (χ2n) is 8.21. The number of amides is 2. The normalized spacial score (nSPS) is 11.9. The van der Waals surface area contributed by atoms with Crippen molar-refractivity contribution in [1.29, 1.82) is 0 Å². The number of ether oxygens (including phenoxy) is 1. The molecule has 1 N–H and O–H groups in total. The highest BCUT2D eigenvalue weighted by molar-refractivity contribution is 7.92. The zero-order valence-electron chi connectivity index (χ0n) is 20.9. The standard InChI is InChI=1S/C27H30FN3O5S/c1-4-29-27(33)20(2)30(18-21-10-8-9-13-25(21)28)26(32)19-31(22-11-6-5-7-12-22)37(34,35)24-16-14-23(36-3)15-17-24/h5-17,20H,4,18-19H2,1-3H3,(H,29,33)/t20-/m0/s1. The van der Waals surface area contributed by atoms with Gasteiger partial charge in [-0.1, -0.05) is 36.4 Å². The van der Waals surface area contributed by atoms with Gasteiger partial charge < -0.3 is 15.0 Å². The van der Waals surface area contributed by atoms with Crippen molar-refractivity contribution in [3.05, 3.63) is 90.2 Å². The fourth-order valence-electron chi connectivity index (χ4n) is 3.71. The van der Waals surface area contributed by atoms with Crippen LogP contribution in [-0.2, 0) is 26.2 Å². The second-order valence-corrected chi connectivity index (χ2v) is 10.1. The van der Waals surface area contributed by atoms with Crippen LogP contribution in [-0.4, -0.2) is 51.4 Å². The maximum atomic E-state index is 14.5. The molecular formula is C27H30FN3O5S. The van der Waals surface area contributed by atoms with Crippen molar-refractivity contribution in [3.8, 4) is 5.75 Å². The zero-order chi connectivity index (χ0) is 27.0. The number of nitrogens with one attached hydrogen (secondary N) is 1. The Bertz CT molecular complexity index is 1320. The highest BCUT2D eigenvalue weighted by atomic mass is 32.2. The van der Waals surface area contributed by atoms with Crippen molar-refractivity contribution in [2.24, 2.45) is 0 Å². The molecule has 0 heterocycles. The van der Waals surface area contributed by atoms with E-state index in [1.807, 2.05) is 0 Å². The van der Waals surface area contributed by atoms with Crippen LogP contribution in [0.2, 0.25) is 0 Å². The minimum absolute atomic E-state index is 0.0395. The summed E-state index contributed by atoms with van der Waals surface area (Å²) in [4.78, 5) is 27.5. The second kappa shape index (κ2) is 12.4. The number of benzene rings is 3. The molecule has 2 amide bonds. The highest BCUT2D eigenvalue weighted by Crippen LogP contribution is 2.26. The van der Waals surface area contributed by atoms with Gasteiger partial charge >= 0.3 is 0 Å². The Morgan fingerprint density at radius 2 is 1.59 bits per heavy atom. The average molecular weight is 528 g/mol. The summed E-state index contributed by atoms with van der Waals surface area (Å²) >= 11 is 0. The van der Waals surface area contributed by atoms with Crippen molar-refractivity contribution >= 4 is 27.5 Å². The molecule has 0 spiro atoms. The predicted octanol–water partition coefficient (Wildman–Crippen LogP) is 3.58. The van der Waals surface area contributed by atoms with Gasteiger partial charge in [0.15, 0.2) is 0 Å². The lowest BCUT2D eigenvalue weighted by Crippen LogP contribution is -2.51. The highest BCUT2D eigenvalue weighted by Gasteiger charge is 2.32. The van der Waals surface area contributed by atoms with Crippen LogP contribution >= 0.6 is 0 Å². The molecule has 10 heteroatoms. The Morgan fingerprint density at radius 1 is 0.973 bits per heavy atom. The molecule has 0 aliphatic carbocycles. The number of likely N-dealkylation sites (N-methyl/N-ethyl adjacent to an activating group) is 1. The summed E-state index contributed by atoms with van der Waals surface area (Å²) < 4.78 is 47.9. The Labute approximate surface area is 216 Å². The number of halogens is 1. The molecule has 0 aliphatic rings. The molecule has 196 valence electrons. The van der Waals surface area contributed by atoms with Gasteiger partial charge in [0.05, 0.1) is 17.7 Å². The largest absolute Gasteiger partial charge is 0.497 e. The molecule has 0 saturated heterocycles. The number of carbonyl (C=O) groups is 2. The van der Waals surface area contributed by atoms with Gasteiger partial charge in [0.25, 0.3) is 10.0 Å². The number of hydrogen-bond donors (Lipinski definition) is 1. The Balaban J connectivity index is 2.01. The summed E-state index contributed by atoms with van der Waals surface area (Å²) in [7, 11) is -2.72. The van der Waals surface area contributed by atoms with E-state index in [-0.39, 0.29) is 22.7 Å². The van der Waals surface area contributed by atoms with Gasteiger partial charge in [0.1, 0.15) is 24.2 Å². The van der Waals surface area contributed by atoms with Crippen molar-refractivity contribution in [2.75, 3.05) is 24.5 Å². The Hall–Kier alpha value is -3.92. The van der Waals surface area contributed by atoms with Crippen LogP contribution < -0.4 is 14.4 Å². The first-order valence-electron chi connectivity index (χ1n) is 11.7. The fraction of sp³-hybridized carbons (Fsp3) is 0.259. The molecule has 0 aromatic heterocycles. The third-order valence-electron chi connectivity index (χ3n) is 5.79. The molecule has 3 rings (SSSR count). The summed E-state index contributed by atoms with van der Waals surface area (Å²) in [5.74, 6) is -1.15. The zero-order valence-corrected chi connectivity index (χ0v) is 21.7. The molecule has 37 heavy (non-hydrogen) atoms. The molecule has 0 fully saturated rings. The van der Waals surface area contributed by atoms with Crippen LogP contribution in [0.1, 0.15) is 19.4 Å². The van der Waals surface area contributed by atoms with Crippen LogP contribution in [0.4, 0.5) is 10.1 Å². The van der Waals surface area contributed by atoms with Crippen LogP contribution in [0.15, 0.2) is 83.8 Å². The molecule has 3 aromatic carbocycles. The van der Waals surface area contributed by atoms with Crippen molar-refractivity contribution < 1.29 is 27.1 Å². The smallest absolute Gasteiger partial charge is 0.264 e. The maximum absolute atomic E-state index is 14.5. The first-order valence-corrected chi connectivity index (χ1v) is 13.2. The topological polar surface area (TPSA) is 96.0 Å². The molecule has 0 unspecified atom stereocenters. The Kier molecular flexibility index (Phi) is 9.24. The van der Waals surface area contributed by atoms with Crippen molar-refractivity contribution in [2.45, 2.75) is 31.3 Å². The van der Waals surface area contributed by atoms with E-state index in [1.165, 1.54) is 61.4 Å². The molecule has 0 saturated carbocycles. The molecule has 3 aromatic rings. The molecule has 0 bridgehead atoms. The first-order chi connectivity index (χ1) is 17.7. The number of hydrogen-bond acceptors (Lipinski definition) is 5. The minimum atomic E-state index is -4.19. The number of rotatable bonds is 11. The number of carbonyl (C=O) groups excluding carboxylic acids is 2. The lowest BCUT2D eigenvalue weighted by Gasteiger charge is -2.32. The molecule has 8 nitrogen and oxygen atoms in total. The average Bonchev–Trinajstić information content (AvgIpc) is 2.91. The summed E-state index contributed by atoms with van der Waals surface area (Å²) in [6.45, 7) is 2.79. The van der Waals surface area contributed by atoms with Crippen LogP contribution in [0.3, 0.4) is 0 Å². The SMILES string of the molecule is CCNC(=O)[C@H](C)N(Cc1ccccc1F)C(=O)CN(c1ccccc1)S(=O)(=O)c1ccc(OC)cc1. The molecule has 0 radical (unpaired) electrons. The molecule has 0 aliphatic heterocycles. The first kappa shape index (κ1) is 27.7. The van der Waals surface area contributed by atoms with Crippen molar-refractivity contribution in [3.63, 3.8) is 0 Å². The van der Waals surface area contributed by atoms with Gasteiger partial charge in [-0.15, -0.1) is 0 Å². The lowest BCUT2D eigenvalue weighted by atomic mass is 10.1. The van der Waals surface area contributed by atoms with Crippen LogP contribution in [0.25, 0.3) is 0 Å². The maximum Gasteiger partial charge on any atom is 0.264 e. The van der Waals surface area contributed by atoms with Crippen LogP contribution in [0.5, 0.6) is 5.75 Å². The number of anilines is 1. The Morgan fingerprint density at radius 3 is 2.19 bits per heavy atom. The van der Waals surface area contributed by atoms with E-state index in [0.29, 0.717) is 12.3 Å². The number of sulfonamides is 1. The summed E-state index contributed by atoms with van der Waals surface area (Å²) in [5.41, 5.74) is 0.472. The quantitative estimate of drug-likeness (QED) is 0.411. The number of nitrogens with zero attached hydrogens (tertiary/aromatic N) is 2. The summed E-state index contributed by atoms with van der Waals surface area (Å²) in [5, 5.41) is 2.66. The lowest BCUT2D eigenvalue weighted by molar-refractivity contribution is -0.139. The number of para-hydroxylation sites is 1. The van der Waals surface area contributed by atoms with E-state index >= 15 is 0 Å². The molecular weight excluding hydrogens is 497 g/mol. The van der Waals surface area contributed by atoms with Gasteiger partial charge in [-0.25, -0.2) is 12.8 Å². The third kappa shape index (κ3) is 6.65. The van der Waals surface area contributed by atoms with Gasteiger partial charge in [-0.05, 0) is 56.3 Å². The van der Waals surface area contributed by atoms with E-state index < -0.39 is 40.2 Å². The predicted molar refractivity (Wildman–Crippen MR) is 139 cm³/mol. The minimum Gasteiger partial charge on any atom is -0.497 e. The van der Waals surface area contributed by atoms with Gasteiger partial charge in [0, 0.05) is 18.7 Å². The van der Waals surface area contributed by atoms with E-state index in [9.17, 15) is 22.4 Å². The van der Waals surface area contributed by atoms with E-state index in [0.717, 1.165) is 4.31 Å². The van der Waals surface area contributed by atoms with E-state index in [2.05, 4.69) is 5.32 Å². The van der Waals surface area contributed by atoms with Gasteiger partial charge in [-0.3, -0.25) is 13.9 Å². The van der Waals surface area contributed by atoms with Crippen LogP contribution in [0, 0.1) is 5.82 Å². The monoisotopic (exact) mass is 527 g/mol. The summed E-state index contributed by atoms with van der Waals surface area (Å²) in [6.07, 6.45) is 0. The van der Waals surface area contributed by atoms with E-state index in [4.69, 9.17) is 4.74 Å². The van der Waals surface area contributed by atoms with Gasteiger partial charge in [0.2, 0.25) is 11.8 Å². The third-order valence-corrected chi connectivity index (χ3v) is 7.58. The molecule has 1 atom stereocenters.